The normalized spacial score (nSPS) is 29.4. The molecule has 6 rings (SSSR count). The first kappa shape index (κ1) is 42.9. The van der Waals surface area contributed by atoms with Crippen molar-refractivity contribution < 1.29 is 59.4 Å². The van der Waals surface area contributed by atoms with Gasteiger partial charge in [-0.05, 0) is 94.7 Å². The van der Waals surface area contributed by atoms with Gasteiger partial charge in [-0.15, -0.1) is 0 Å². The van der Waals surface area contributed by atoms with E-state index in [1.54, 1.807) is 19.1 Å². The smallest absolute Gasteiger partial charge is 0.427 e. The number of alkyl halides is 3. The van der Waals surface area contributed by atoms with E-state index < -0.39 is 91.7 Å². The van der Waals surface area contributed by atoms with Crippen molar-refractivity contribution in [2.75, 3.05) is 13.7 Å². The zero-order chi connectivity index (χ0) is 42.6. The molecule has 14 nitrogen and oxygen atoms in total. The van der Waals surface area contributed by atoms with E-state index in [-0.39, 0.29) is 42.3 Å². The lowest BCUT2D eigenvalue weighted by Crippen LogP contribution is -2.59. The molecule has 0 radical (unpaired) electrons. The molecule has 2 saturated carbocycles. The molecular weight excluding hydrogens is 791 g/mol. The van der Waals surface area contributed by atoms with Crippen LogP contribution in [0.2, 0.25) is 0 Å². The average molecular weight is 840 g/mol. The van der Waals surface area contributed by atoms with Gasteiger partial charge in [0.05, 0.1) is 18.4 Å². The van der Waals surface area contributed by atoms with Gasteiger partial charge < -0.3 is 29.7 Å². The van der Waals surface area contributed by atoms with Crippen molar-refractivity contribution in [2.24, 2.45) is 17.8 Å². The van der Waals surface area contributed by atoms with Crippen molar-refractivity contribution in [3.05, 3.63) is 42.4 Å². The van der Waals surface area contributed by atoms with Crippen LogP contribution in [0, 0.1) is 23.6 Å². The van der Waals surface area contributed by atoms with E-state index in [0.717, 1.165) is 4.90 Å². The van der Waals surface area contributed by atoms with Crippen LogP contribution in [0.25, 0.3) is 10.8 Å². The molecule has 7 atom stereocenters. The maximum Gasteiger partial charge on any atom is 0.427 e. The third-order valence-corrected chi connectivity index (χ3v) is 14.0. The Hall–Kier alpha value is -4.68. The number of pyridine rings is 1. The van der Waals surface area contributed by atoms with Gasteiger partial charge in [0.15, 0.2) is 11.6 Å². The Bertz CT molecular complexity index is 2110. The summed E-state index contributed by atoms with van der Waals surface area (Å²) in [5.41, 5.74) is -4.59. The molecule has 0 unspecified atom stereocenters. The Morgan fingerprint density at radius 2 is 1.81 bits per heavy atom. The van der Waals surface area contributed by atoms with Gasteiger partial charge in [0.1, 0.15) is 23.7 Å². The highest BCUT2D eigenvalue weighted by molar-refractivity contribution is 7.91. The summed E-state index contributed by atoms with van der Waals surface area (Å²) in [6.07, 6.45) is -0.392. The van der Waals surface area contributed by atoms with Gasteiger partial charge in [-0.1, -0.05) is 26.0 Å². The van der Waals surface area contributed by atoms with Crippen LogP contribution in [0.4, 0.5) is 22.4 Å². The number of methoxy groups -OCH3 is 1. The fraction of sp³-hybridized carbons (Fsp3) is 0.615. The van der Waals surface area contributed by atoms with E-state index in [2.05, 4.69) is 20.3 Å². The molecule has 0 spiro atoms. The van der Waals surface area contributed by atoms with Crippen LogP contribution < -0.4 is 24.8 Å². The number of amides is 4. The van der Waals surface area contributed by atoms with E-state index in [1.807, 2.05) is 13.0 Å². The molecule has 58 heavy (non-hydrogen) atoms. The lowest BCUT2D eigenvalue weighted by molar-refractivity contribution is -0.244. The van der Waals surface area contributed by atoms with Gasteiger partial charge >= 0.3 is 12.3 Å². The number of carbonyl (C=O) groups is 4. The number of allylic oxidation sites excluding steroid dienone is 1. The molecule has 0 bridgehead atoms. The van der Waals surface area contributed by atoms with Gasteiger partial charge in [0.2, 0.25) is 33.3 Å². The highest BCUT2D eigenvalue weighted by Crippen LogP contribution is 2.48. The number of aromatic nitrogens is 1. The molecule has 4 amide bonds. The van der Waals surface area contributed by atoms with Crippen LogP contribution in [0.3, 0.4) is 0 Å². The monoisotopic (exact) mass is 839 g/mol. The summed E-state index contributed by atoms with van der Waals surface area (Å²) in [6.45, 7) is 6.12. The largest absolute Gasteiger partial charge is 0.494 e. The van der Waals surface area contributed by atoms with E-state index >= 15 is 0 Å². The molecule has 1 aromatic carbocycles. The highest BCUT2D eigenvalue weighted by Gasteiger charge is 2.63. The maximum atomic E-state index is 14.9. The summed E-state index contributed by atoms with van der Waals surface area (Å²) >= 11 is 0. The summed E-state index contributed by atoms with van der Waals surface area (Å²) in [7, 11) is -2.79. The van der Waals surface area contributed by atoms with E-state index in [4.69, 9.17) is 14.2 Å². The van der Waals surface area contributed by atoms with Crippen LogP contribution >= 0.6 is 0 Å². The van der Waals surface area contributed by atoms with Crippen LogP contribution in [0.15, 0.2) is 36.5 Å². The van der Waals surface area contributed by atoms with Gasteiger partial charge in [0.25, 0.3) is 5.91 Å². The van der Waals surface area contributed by atoms with E-state index in [0.29, 0.717) is 51.3 Å². The molecule has 2 aliphatic carbocycles. The quantitative estimate of drug-likeness (QED) is 0.240. The number of sulfonamides is 1. The van der Waals surface area contributed by atoms with Crippen molar-refractivity contribution >= 4 is 44.6 Å². The lowest BCUT2D eigenvalue weighted by atomic mass is 9.88. The van der Waals surface area contributed by atoms with Crippen LogP contribution in [0.1, 0.15) is 79.6 Å². The molecular formula is C39H49F4N5O9S. The summed E-state index contributed by atoms with van der Waals surface area (Å²) in [5.74, 6) is -4.68. The minimum atomic E-state index is -4.94. The van der Waals surface area contributed by atoms with Gasteiger partial charge in [-0.3, -0.25) is 19.1 Å². The van der Waals surface area contributed by atoms with Crippen LogP contribution in [-0.2, 0) is 29.1 Å². The zero-order valence-corrected chi connectivity index (χ0v) is 33.9. The highest BCUT2D eigenvalue weighted by atomic mass is 32.2. The number of hydrogen-bond donors (Lipinski definition) is 3. The fourth-order valence-corrected chi connectivity index (χ4v) is 8.91. The summed E-state index contributed by atoms with van der Waals surface area (Å²) in [5, 5.41) is 5.86. The average Bonchev–Trinajstić information content (AvgIpc) is 4.01. The minimum Gasteiger partial charge on any atom is -0.494 e. The number of halogens is 4. The number of ether oxygens (including phenoxy) is 3. The second kappa shape index (κ2) is 15.5. The molecule has 1 saturated heterocycles. The first-order valence-electron chi connectivity index (χ1n) is 19.2. The van der Waals surface area contributed by atoms with Crippen LogP contribution in [-0.4, -0.2) is 96.0 Å². The first-order valence-corrected chi connectivity index (χ1v) is 20.7. The molecule has 3 fully saturated rings. The van der Waals surface area contributed by atoms with Crippen molar-refractivity contribution in [3.63, 3.8) is 0 Å². The van der Waals surface area contributed by atoms with Crippen molar-refractivity contribution in [1.29, 1.82) is 0 Å². The molecule has 3 heterocycles. The maximum absolute atomic E-state index is 14.9. The predicted molar refractivity (Wildman–Crippen MR) is 201 cm³/mol. The first-order chi connectivity index (χ1) is 27.0. The van der Waals surface area contributed by atoms with Crippen molar-refractivity contribution in [2.45, 2.75) is 120 Å². The Labute approximate surface area is 333 Å². The van der Waals surface area contributed by atoms with E-state index in [9.17, 15) is 45.2 Å². The third-order valence-electron chi connectivity index (χ3n) is 11.8. The van der Waals surface area contributed by atoms with Crippen LogP contribution in [0.5, 0.6) is 11.6 Å². The van der Waals surface area contributed by atoms with E-state index in [1.165, 1.54) is 32.4 Å². The number of hydrogen-bond acceptors (Lipinski definition) is 10. The Morgan fingerprint density at radius 3 is 2.47 bits per heavy atom. The number of alkyl carbamates (subject to hydrolysis) is 1. The number of fused-ring (bicyclic) bond motifs is 3. The number of nitrogens with one attached hydrogen (secondary N) is 3. The van der Waals surface area contributed by atoms with Gasteiger partial charge in [-0.2, -0.15) is 13.2 Å². The number of benzene rings is 1. The zero-order valence-electron chi connectivity index (χ0n) is 33.1. The Balaban J connectivity index is 1.36. The SMILES string of the molecule is COc1cc2ccnc(O[C@@H]3C[C@H]4C(=O)N[C@]5(C(=O)NS(=O)(=O)C6(C)CC6)C[C@H]5/C=C/CC[C@@H](C)C[C@@H](C)[C@H](NC(=O)OC(C)(C)C(F)(F)F)C(=O)N4C3)c2cc1F. The fourth-order valence-electron chi connectivity index (χ4n) is 7.60. The topological polar surface area (TPSA) is 182 Å². The number of carbonyl (C=O) groups excluding carboxylic acids is 4. The van der Waals surface area contributed by atoms with Gasteiger partial charge in [0, 0.05) is 23.9 Å². The molecule has 3 N–H and O–H groups in total. The second-order valence-corrected chi connectivity index (χ2v) is 19.0. The van der Waals surface area contributed by atoms with Crippen molar-refractivity contribution in [3.8, 4) is 11.6 Å². The molecule has 318 valence electrons. The molecule has 1 aromatic heterocycles. The number of rotatable bonds is 8. The molecule has 2 aliphatic heterocycles. The van der Waals surface area contributed by atoms with Crippen molar-refractivity contribution in [1.82, 2.24) is 25.2 Å². The standard InChI is InChI=1S/C39H49F4N5O9S/c1-21-9-7-8-10-24-19-38(24,34(51)47-58(53,54)37(5)12-13-37)46-31(49)28-17-25(56-32-26-18-27(40)29(55-6)16-23(26)11-14-44-32)20-48(28)33(50)30(22(2)15-21)45-35(52)57-36(3,4)39(41,42)43/h8,10-11,14,16,18,21-22,24-25,28,30H,7,9,12-13,15,17,19-20H2,1-6H3,(H,45,52)(H,46,49)(H,47,51)/b10-8+/t21-,22-,24-,25-,28+,30+,38-/m1/s1. The summed E-state index contributed by atoms with van der Waals surface area (Å²) < 4.78 is 99.5. The second-order valence-electron chi connectivity index (χ2n) is 16.8. The van der Waals surface area contributed by atoms with Gasteiger partial charge in [-0.25, -0.2) is 22.6 Å². The lowest BCUT2D eigenvalue weighted by Gasteiger charge is -2.34. The molecule has 2 aromatic rings. The summed E-state index contributed by atoms with van der Waals surface area (Å²) in [6, 6.07) is 1.34. The third kappa shape index (κ3) is 8.54. The number of nitrogens with zero attached hydrogens (tertiary/aromatic N) is 2. The Morgan fingerprint density at radius 1 is 1.10 bits per heavy atom. The molecule has 4 aliphatic rings. The summed E-state index contributed by atoms with van der Waals surface area (Å²) in [4.78, 5) is 61.5. The Kier molecular flexibility index (Phi) is 11.5. The minimum absolute atomic E-state index is 0.0250. The predicted octanol–water partition coefficient (Wildman–Crippen LogP) is 5.05. The molecule has 19 heteroatoms.